The molecule has 1 saturated heterocycles. The maximum absolute atomic E-state index is 13.4. The predicted octanol–water partition coefficient (Wildman–Crippen LogP) is 5.62. The van der Waals surface area contributed by atoms with Crippen molar-refractivity contribution >= 4 is 28.0 Å². The van der Waals surface area contributed by atoms with E-state index in [-0.39, 0.29) is 24.6 Å². The Bertz CT molecular complexity index is 974. The Hall–Kier alpha value is -2.38. The molecule has 0 bridgehead atoms. The minimum Gasteiger partial charge on any atom is -0.469 e. The fraction of sp³-hybridized carbons (Fsp3) is 0.481. The average Bonchev–Trinajstić information content (AvgIpc) is 3.28. The zero-order chi connectivity index (χ0) is 24.8. The smallest absolute Gasteiger partial charge is 0.410 e. The van der Waals surface area contributed by atoms with Crippen molar-refractivity contribution in [1.29, 1.82) is 0 Å². The Balaban J connectivity index is 1.87. The van der Waals surface area contributed by atoms with Gasteiger partial charge in [0.1, 0.15) is 5.60 Å². The maximum Gasteiger partial charge on any atom is 0.410 e. The predicted molar refractivity (Wildman–Crippen MR) is 134 cm³/mol. The van der Waals surface area contributed by atoms with Crippen LogP contribution in [0.15, 0.2) is 59.1 Å². The number of esters is 1. The van der Waals surface area contributed by atoms with Crippen molar-refractivity contribution in [2.24, 2.45) is 11.3 Å². The molecule has 1 heterocycles. The monoisotopic (exact) mass is 531 g/mol. The highest BCUT2D eigenvalue weighted by Crippen LogP contribution is 2.40. The third kappa shape index (κ3) is 6.83. The van der Waals surface area contributed by atoms with Crippen LogP contribution < -0.4 is 0 Å². The molecule has 3 rings (SSSR count). The Morgan fingerprint density at radius 2 is 1.76 bits per heavy atom. The van der Waals surface area contributed by atoms with Crippen LogP contribution in [-0.2, 0) is 32.0 Å². The Morgan fingerprint density at radius 3 is 2.41 bits per heavy atom. The molecule has 1 aliphatic rings. The van der Waals surface area contributed by atoms with Crippen LogP contribution in [0.2, 0.25) is 0 Å². The van der Waals surface area contributed by atoms with E-state index in [1.165, 1.54) is 7.11 Å². The summed E-state index contributed by atoms with van der Waals surface area (Å²) in [5.41, 5.74) is 0.509. The lowest BCUT2D eigenvalue weighted by atomic mass is 9.71. The van der Waals surface area contributed by atoms with E-state index < -0.39 is 11.0 Å². The summed E-state index contributed by atoms with van der Waals surface area (Å²) in [4.78, 5) is 27.8. The first kappa shape index (κ1) is 26.2. The van der Waals surface area contributed by atoms with E-state index in [0.717, 1.165) is 15.6 Å². The van der Waals surface area contributed by atoms with Gasteiger partial charge in [-0.1, -0.05) is 58.4 Å². The zero-order valence-corrected chi connectivity index (χ0v) is 22.0. The van der Waals surface area contributed by atoms with Crippen LogP contribution in [-0.4, -0.2) is 49.4 Å². The van der Waals surface area contributed by atoms with Crippen molar-refractivity contribution < 1.29 is 23.8 Å². The first-order chi connectivity index (χ1) is 16.1. The van der Waals surface area contributed by atoms with Crippen molar-refractivity contribution in [1.82, 2.24) is 4.90 Å². The number of methoxy groups -OCH3 is 1. The molecule has 34 heavy (non-hydrogen) atoms. The van der Waals surface area contributed by atoms with Crippen LogP contribution in [0, 0.1) is 11.3 Å². The summed E-state index contributed by atoms with van der Waals surface area (Å²) in [7, 11) is 1.41. The third-order valence-corrected chi connectivity index (χ3v) is 6.59. The number of amides is 1. The Kier molecular flexibility index (Phi) is 8.77. The van der Waals surface area contributed by atoms with Gasteiger partial charge in [-0.05, 0) is 62.8 Å². The van der Waals surface area contributed by atoms with Crippen molar-refractivity contribution in [3.63, 3.8) is 0 Å². The van der Waals surface area contributed by atoms with Crippen LogP contribution in [0.1, 0.15) is 38.3 Å². The molecule has 0 aromatic heterocycles. The summed E-state index contributed by atoms with van der Waals surface area (Å²) >= 11 is 3.53. The lowest BCUT2D eigenvalue weighted by Gasteiger charge is -2.36. The highest BCUT2D eigenvalue weighted by Gasteiger charge is 2.50. The molecule has 1 unspecified atom stereocenters. The first-order valence-electron chi connectivity index (χ1n) is 11.6. The van der Waals surface area contributed by atoms with Crippen LogP contribution in [0.5, 0.6) is 0 Å². The number of hydrogen-bond acceptors (Lipinski definition) is 5. The molecule has 2 aromatic carbocycles. The molecule has 0 spiro atoms. The standard InChI is InChI=1S/C27H34BrNO5/c1-26(2,3)34-25(31)29-14-13-22(17-29)27(24(30)32-4,16-21-11-8-12-23(28)15-21)19-33-18-20-9-6-5-7-10-20/h5-12,15,22H,13-14,16-19H2,1-4H3/t22-,27?/m0/s1. The highest BCUT2D eigenvalue weighted by atomic mass is 79.9. The van der Waals surface area contributed by atoms with Crippen LogP contribution in [0.4, 0.5) is 4.79 Å². The van der Waals surface area contributed by atoms with Gasteiger partial charge < -0.3 is 19.1 Å². The molecule has 1 aliphatic heterocycles. The normalized spacial score (nSPS) is 17.8. The molecule has 6 nitrogen and oxygen atoms in total. The second-order valence-corrected chi connectivity index (χ2v) is 10.8. The summed E-state index contributed by atoms with van der Waals surface area (Å²) in [6, 6.07) is 17.8. The van der Waals surface area contributed by atoms with E-state index >= 15 is 0 Å². The lowest BCUT2D eigenvalue weighted by molar-refractivity contribution is -0.162. The number of ether oxygens (including phenoxy) is 3. The van der Waals surface area contributed by atoms with E-state index in [1.807, 2.05) is 75.4 Å². The van der Waals surface area contributed by atoms with E-state index in [1.54, 1.807) is 4.90 Å². The SMILES string of the molecule is COC(=O)C(COCc1ccccc1)(Cc1cccc(Br)c1)[C@H]1CCN(C(=O)OC(C)(C)C)C1. The molecule has 0 aliphatic carbocycles. The largest absolute Gasteiger partial charge is 0.469 e. The molecule has 0 radical (unpaired) electrons. The van der Waals surface area contributed by atoms with Gasteiger partial charge in [-0.3, -0.25) is 4.79 Å². The summed E-state index contributed by atoms with van der Waals surface area (Å²) in [6.45, 7) is 7.06. The summed E-state index contributed by atoms with van der Waals surface area (Å²) in [5, 5.41) is 0. The topological polar surface area (TPSA) is 65.1 Å². The van der Waals surface area contributed by atoms with Gasteiger partial charge in [0.05, 0.1) is 25.7 Å². The Labute approximate surface area is 210 Å². The fourth-order valence-electron chi connectivity index (χ4n) is 4.45. The van der Waals surface area contributed by atoms with Crippen molar-refractivity contribution in [3.8, 4) is 0 Å². The molecule has 7 heteroatoms. The number of hydrogen-bond donors (Lipinski definition) is 0. The second kappa shape index (κ2) is 11.4. The molecule has 0 saturated carbocycles. The number of benzene rings is 2. The van der Waals surface area contributed by atoms with Gasteiger partial charge in [-0.15, -0.1) is 0 Å². The van der Waals surface area contributed by atoms with Crippen molar-refractivity contribution in [2.75, 3.05) is 26.8 Å². The molecule has 1 amide bonds. The number of carbonyl (C=O) groups is 2. The molecule has 1 fully saturated rings. The van der Waals surface area contributed by atoms with Gasteiger partial charge in [0.25, 0.3) is 0 Å². The molecule has 0 N–H and O–H groups in total. The quantitative estimate of drug-likeness (QED) is 0.413. The molecule has 2 aromatic rings. The van der Waals surface area contributed by atoms with Crippen molar-refractivity contribution in [2.45, 2.75) is 45.8 Å². The number of halogens is 1. The maximum atomic E-state index is 13.4. The summed E-state index contributed by atoms with van der Waals surface area (Å²) in [6.07, 6.45) is 0.749. The first-order valence-corrected chi connectivity index (χ1v) is 12.3. The number of nitrogens with zero attached hydrogens (tertiary/aromatic N) is 1. The van der Waals surface area contributed by atoms with Gasteiger partial charge >= 0.3 is 12.1 Å². The van der Waals surface area contributed by atoms with Crippen LogP contribution in [0.3, 0.4) is 0 Å². The van der Waals surface area contributed by atoms with Gasteiger partial charge in [-0.2, -0.15) is 0 Å². The third-order valence-electron chi connectivity index (χ3n) is 6.09. The minimum absolute atomic E-state index is 0.137. The summed E-state index contributed by atoms with van der Waals surface area (Å²) < 4.78 is 18.0. The van der Waals surface area contributed by atoms with E-state index in [9.17, 15) is 9.59 Å². The molecule has 2 atom stereocenters. The van der Waals surface area contributed by atoms with E-state index in [2.05, 4.69) is 15.9 Å². The number of likely N-dealkylation sites (tertiary alicyclic amines) is 1. The summed E-state index contributed by atoms with van der Waals surface area (Å²) in [5.74, 6) is -0.459. The number of carbonyl (C=O) groups excluding carboxylic acids is 2. The van der Waals surface area contributed by atoms with E-state index in [4.69, 9.17) is 14.2 Å². The van der Waals surface area contributed by atoms with Crippen molar-refractivity contribution in [3.05, 3.63) is 70.2 Å². The van der Waals surface area contributed by atoms with Gasteiger partial charge in [0, 0.05) is 17.6 Å². The fourth-order valence-corrected chi connectivity index (χ4v) is 4.90. The minimum atomic E-state index is -0.943. The Morgan fingerprint density at radius 1 is 1.06 bits per heavy atom. The van der Waals surface area contributed by atoms with Gasteiger partial charge in [-0.25, -0.2) is 4.79 Å². The van der Waals surface area contributed by atoms with Gasteiger partial charge in [0.2, 0.25) is 0 Å². The molecular formula is C27H34BrNO5. The second-order valence-electron chi connectivity index (χ2n) is 9.84. The van der Waals surface area contributed by atoms with Gasteiger partial charge in [0.15, 0.2) is 0 Å². The average molecular weight is 532 g/mol. The molecule has 184 valence electrons. The van der Waals surface area contributed by atoms with Crippen LogP contribution >= 0.6 is 15.9 Å². The highest BCUT2D eigenvalue weighted by molar-refractivity contribution is 9.10. The van der Waals surface area contributed by atoms with E-state index in [0.29, 0.717) is 32.5 Å². The van der Waals surface area contributed by atoms with Crippen LogP contribution in [0.25, 0.3) is 0 Å². The lowest BCUT2D eigenvalue weighted by Crippen LogP contribution is -2.47. The number of rotatable bonds is 8. The zero-order valence-electron chi connectivity index (χ0n) is 20.4. The molecular weight excluding hydrogens is 498 g/mol.